The van der Waals surface area contributed by atoms with Crippen LogP contribution >= 0.6 is 0 Å². The highest BCUT2D eigenvalue weighted by Gasteiger charge is 2.36. The lowest BCUT2D eigenvalue weighted by molar-refractivity contribution is -0.0237. The first-order chi connectivity index (χ1) is 7.72. The molecule has 1 aromatic rings. The van der Waals surface area contributed by atoms with Gasteiger partial charge in [-0.15, -0.1) is 0 Å². The number of aliphatic hydroxyl groups is 1. The van der Waals surface area contributed by atoms with Gasteiger partial charge in [-0.1, -0.05) is 6.07 Å². The zero-order valence-corrected chi connectivity index (χ0v) is 9.47. The number of aliphatic hydroxyl groups excluding tert-OH is 1. The van der Waals surface area contributed by atoms with Gasteiger partial charge in [0, 0.05) is 19.7 Å². The number of aromatic nitrogens is 1. The van der Waals surface area contributed by atoms with Crippen LogP contribution in [0, 0.1) is 5.92 Å². The molecule has 1 aliphatic carbocycles. The van der Waals surface area contributed by atoms with E-state index in [1.165, 1.54) is 0 Å². The van der Waals surface area contributed by atoms with E-state index < -0.39 is 6.10 Å². The Kier molecular flexibility index (Phi) is 3.41. The van der Waals surface area contributed by atoms with E-state index in [2.05, 4.69) is 4.98 Å². The first-order valence-electron chi connectivity index (χ1n) is 5.62. The number of pyridine rings is 1. The second-order valence-corrected chi connectivity index (χ2v) is 4.36. The molecule has 2 rings (SSSR count). The molecule has 0 spiro atoms. The summed E-state index contributed by atoms with van der Waals surface area (Å²) < 4.78 is 5.34. The Bertz CT molecular complexity index is 353. The van der Waals surface area contributed by atoms with Crippen LogP contribution < -0.4 is 5.73 Å². The van der Waals surface area contributed by atoms with E-state index >= 15 is 0 Å². The third kappa shape index (κ3) is 2.51. The molecule has 1 saturated carbocycles. The first kappa shape index (κ1) is 11.4. The largest absolute Gasteiger partial charge is 0.390 e. The second kappa shape index (κ2) is 4.80. The molecule has 1 heterocycles. The molecule has 4 nitrogen and oxygen atoms in total. The number of rotatable bonds is 5. The van der Waals surface area contributed by atoms with Gasteiger partial charge in [0.05, 0.1) is 12.2 Å². The van der Waals surface area contributed by atoms with Crippen molar-refractivity contribution in [2.45, 2.75) is 31.5 Å². The quantitative estimate of drug-likeness (QED) is 0.779. The number of hydrogen-bond acceptors (Lipinski definition) is 4. The van der Waals surface area contributed by atoms with Gasteiger partial charge >= 0.3 is 0 Å². The van der Waals surface area contributed by atoms with E-state index in [1.807, 2.05) is 12.1 Å². The predicted molar refractivity (Wildman–Crippen MR) is 61.9 cm³/mol. The van der Waals surface area contributed by atoms with Crippen LogP contribution in [0.5, 0.6) is 0 Å². The highest BCUT2D eigenvalue weighted by atomic mass is 16.5. The topological polar surface area (TPSA) is 68.4 Å². The van der Waals surface area contributed by atoms with Gasteiger partial charge < -0.3 is 15.6 Å². The van der Waals surface area contributed by atoms with Crippen molar-refractivity contribution < 1.29 is 9.84 Å². The molecule has 2 atom stereocenters. The van der Waals surface area contributed by atoms with Crippen LogP contribution in [0.1, 0.15) is 18.4 Å². The molecule has 1 fully saturated rings. The predicted octanol–water partition coefficient (Wildman–Crippen LogP) is 0.992. The van der Waals surface area contributed by atoms with E-state index in [0.29, 0.717) is 18.2 Å². The van der Waals surface area contributed by atoms with Crippen molar-refractivity contribution in [1.82, 2.24) is 4.98 Å². The summed E-state index contributed by atoms with van der Waals surface area (Å²) in [6.07, 6.45) is 3.90. The average Bonchev–Trinajstić information content (AvgIpc) is 3.07. The van der Waals surface area contributed by atoms with Gasteiger partial charge in [-0.25, -0.2) is 4.98 Å². The molecule has 0 bridgehead atoms. The molecule has 3 N–H and O–H groups in total. The standard InChI is InChI=1S/C12H18N2O2/c1-16-11(8-4-5-8)10(15)7-9-3-2-6-14-12(9)13/h2-3,6,8,10-11,15H,4-5,7H2,1H3,(H2,13,14). The van der Waals surface area contributed by atoms with Gasteiger partial charge in [-0.2, -0.15) is 0 Å². The summed E-state index contributed by atoms with van der Waals surface area (Å²) >= 11 is 0. The smallest absolute Gasteiger partial charge is 0.126 e. The molecule has 0 amide bonds. The third-order valence-corrected chi connectivity index (χ3v) is 3.09. The van der Waals surface area contributed by atoms with E-state index in [0.717, 1.165) is 18.4 Å². The van der Waals surface area contributed by atoms with Crippen molar-refractivity contribution >= 4 is 5.82 Å². The average molecular weight is 222 g/mol. The summed E-state index contributed by atoms with van der Waals surface area (Å²) in [5, 5.41) is 10.1. The number of nitrogen functional groups attached to an aromatic ring is 1. The van der Waals surface area contributed by atoms with Crippen LogP contribution in [0.3, 0.4) is 0 Å². The Labute approximate surface area is 95.4 Å². The minimum atomic E-state index is -0.496. The SMILES string of the molecule is COC(C(O)Cc1cccnc1N)C1CC1. The van der Waals surface area contributed by atoms with E-state index in [4.69, 9.17) is 10.5 Å². The molecule has 0 radical (unpaired) electrons. The van der Waals surface area contributed by atoms with E-state index in [-0.39, 0.29) is 6.10 Å². The van der Waals surface area contributed by atoms with Gasteiger partial charge in [0.1, 0.15) is 5.82 Å². The lowest BCUT2D eigenvalue weighted by Gasteiger charge is -2.21. The van der Waals surface area contributed by atoms with E-state index in [1.54, 1.807) is 13.3 Å². The Morgan fingerprint density at radius 2 is 2.38 bits per heavy atom. The molecular formula is C12H18N2O2. The number of nitrogens with two attached hydrogens (primary N) is 1. The zero-order chi connectivity index (χ0) is 11.5. The monoisotopic (exact) mass is 222 g/mol. The maximum absolute atomic E-state index is 10.1. The Hall–Kier alpha value is -1.13. The minimum Gasteiger partial charge on any atom is -0.390 e. The van der Waals surface area contributed by atoms with Gasteiger partial charge in [-0.05, 0) is 30.4 Å². The Balaban J connectivity index is 2.00. The second-order valence-electron chi connectivity index (χ2n) is 4.36. The van der Waals surface area contributed by atoms with E-state index in [9.17, 15) is 5.11 Å². The third-order valence-electron chi connectivity index (χ3n) is 3.09. The molecule has 1 aliphatic rings. The normalized spacial score (nSPS) is 19.4. The molecule has 4 heteroatoms. The lowest BCUT2D eigenvalue weighted by atomic mass is 10.0. The summed E-state index contributed by atoms with van der Waals surface area (Å²) in [7, 11) is 1.65. The van der Waals surface area contributed by atoms with Crippen LogP contribution in [-0.2, 0) is 11.2 Å². The maximum Gasteiger partial charge on any atom is 0.126 e. The number of methoxy groups -OCH3 is 1. The summed E-state index contributed by atoms with van der Waals surface area (Å²) in [5.41, 5.74) is 6.63. The fourth-order valence-corrected chi connectivity index (χ4v) is 2.05. The van der Waals surface area contributed by atoms with Crippen LogP contribution in [-0.4, -0.2) is 29.4 Å². The molecule has 0 aliphatic heterocycles. The summed E-state index contributed by atoms with van der Waals surface area (Å²) in [5.74, 6) is 1.00. The minimum absolute atomic E-state index is 0.0698. The van der Waals surface area contributed by atoms with Gasteiger partial charge in [-0.3, -0.25) is 0 Å². The fraction of sp³-hybridized carbons (Fsp3) is 0.583. The Morgan fingerprint density at radius 1 is 1.62 bits per heavy atom. The first-order valence-corrected chi connectivity index (χ1v) is 5.62. The summed E-state index contributed by atoms with van der Waals surface area (Å²) in [6.45, 7) is 0. The van der Waals surface area contributed by atoms with Crippen LogP contribution in [0.25, 0.3) is 0 Å². The number of ether oxygens (including phenoxy) is 1. The Morgan fingerprint density at radius 3 is 2.94 bits per heavy atom. The van der Waals surface area contributed by atoms with Gasteiger partial charge in [0.2, 0.25) is 0 Å². The number of hydrogen-bond donors (Lipinski definition) is 2. The number of nitrogens with zero attached hydrogens (tertiary/aromatic N) is 1. The fourth-order valence-electron chi connectivity index (χ4n) is 2.05. The number of anilines is 1. The molecule has 1 aromatic heterocycles. The molecule has 16 heavy (non-hydrogen) atoms. The molecule has 0 aromatic carbocycles. The highest BCUT2D eigenvalue weighted by Crippen LogP contribution is 2.36. The molecule has 88 valence electrons. The van der Waals surface area contributed by atoms with Crippen LogP contribution in [0.15, 0.2) is 18.3 Å². The summed E-state index contributed by atoms with van der Waals surface area (Å²) in [6, 6.07) is 3.72. The van der Waals surface area contributed by atoms with Gasteiger partial charge in [0.25, 0.3) is 0 Å². The summed E-state index contributed by atoms with van der Waals surface area (Å²) in [4.78, 5) is 4.00. The van der Waals surface area contributed by atoms with Crippen molar-refractivity contribution in [2.75, 3.05) is 12.8 Å². The molecular weight excluding hydrogens is 204 g/mol. The maximum atomic E-state index is 10.1. The van der Waals surface area contributed by atoms with Crippen molar-refractivity contribution in [2.24, 2.45) is 5.92 Å². The van der Waals surface area contributed by atoms with Gasteiger partial charge in [0.15, 0.2) is 0 Å². The highest BCUT2D eigenvalue weighted by molar-refractivity contribution is 5.38. The van der Waals surface area contributed by atoms with Crippen molar-refractivity contribution in [3.8, 4) is 0 Å². The van der Waals surface area contributed by atoms with Crippen molar-refractivity contribution in [3.63, 3.8) is 0 Å². The molecule has 2 unspecified atom stereocenters. The van der Waals surface area contributed by atoms with Crippen molar-refractivity contribution in [1.29, 1.82) is 0 Å². The van der Waals surface area contributed by atoms with Crippen LogP contribution in [0.2, 0.25) is 0 Å². The van der Waals surface area contributed by atoms with Crippen LogP contribution in [0.4, 0.5) is 5.82 Å². The zero-order valence-electron chi connectivity index (χ0n) is 9.47. The molecule has 0 saturated heterocycles. The van der Waals surface area contributed by atoms with Crippen molar-refractivity contribution in [3.05, 3.63) is 23.9 Å². The lowest BCUT2D eigenvalue weighted by Crippen LogP contribution is -2.32.